The molecule has 0 N–H and O–H groups in total. The highest BCUT2D eigenvalue weighted by Crippen LogP contribution is 2.14. The van der Waals surface area contributed by atoms with Gasteiger partial charge in [0.15, 0.2) is 0 Å². The Balaban J connectivity index is 1.65. The number of likely N-dealkylation sites (tertiary alicyclic amines) is 1. The molecule has 1 aliphatic heterocycles. The smallest absolute Gasteiger partial charge is 0.223 e. The van der Waals surface area contributed by atoms with Crippen molar-refractivity contribution in [1.82, 2.24) is 19.8 Å². The maximum atomic E-state index is 12.2. The molecular weight excluding hydrogens is 292 g/mol. The molecule has 1 unspecified atom stereocenters. The number of nitrogens with zero attached hydrogens (tertiary/aromatic N) is 4. The molecule has 1 aromatic rings. The Morgan fingerprint density at radius 3 is 2.78 bits per heavy atom. The molecule has 2 heterocycles. The first-order chi connectivity index (χ1) is 11.2. The zero-order valence-corrected chi connectivity index (χ0v) is 14.3. The van der Waals surface area contributed by atoms with E-state index < -0.39 is 0 Å². The van der Waals surface area contributed by atoms with Gasteiger partial charge in [-0.2, -0.15) is 0 Å². The summed E-state index contributed by atoms with van der Waals surface area (Å²) in [6.07, 6.45) is 5.61. The van der Waals surface area contributed by atoms with E-state index in [4.69, 9.17) is 4.74 Å². The highest BCUT2D eigenvalue weighted by atomic mass is 16.5. The van der Waals surface area contributed by atoms with E-state index in [2.05, 4.69) is 28.7 Å². The van der Waals surface area contributed by atoms with Crippen molar-refractivity contribution in [2.24, 2.45) is 0 Å². The topological polar surface area (TPSA) is 58.6 Å². The molecule has 0 aliphatic carbocycles. The van der Waals surface area contributed by atoms with Gasteiger partial charge in [0.1, 0.15) is 5.82 Å². The van der Waals surface area contributed by atoms with Gasteiger partial charge in [-0.05, 0) is 25.6 Å². The highest BCUT2D eigenvalue weighted by molar-refractivity contribution is 5.76. The van der Waals surface area contributed by atoms with Gasteiger partial charge in [-0.15, -0.1) is 0 Å². The van der Waals surface area contributed by atoms with Gasteiger partial charge in [-0.3, -0.25) is 4.79 Å². The molecule has 0 spiro atoms. The molecular formula is C17H28N4O2. The number of hydrogen-bond donors (Lipinski definition) is 0. The normalized spacial score (nSPS) is 17.9. The molecule has 1 saturated heterocycles. The predicted molar refractivity (Wildman–Crippen MR) is 89.1 cm³/mol. The molecule has 0 saturated carbocycles. The second-order valence-electron chi connectivity index (χ2n) is 5.81. The first-order valence-corrected chi connectivity index (χ1v) is 8.60. The van der Waals surface area contributed by atoms with Crippen LogP contribution < -0.4 is 0 Å². The lowest BCUT2D eigenvalue weighted by molar-refractivity contribution is -0.130. The van der Waals surface area contributed by atoms with Crippen LogP contribution in [0.4, 0.5) is 0 Å². The molecule has 2 rings (SSSR count). The Bertz CT molecular complexity index is 465. The van der Waals surface area contributed by atoms with Gasteiger partial charge in [0.2, 0.25) is 5.91 Å². The largest absolute Gasteiger partial charge is 0.375 e. The number of amides is 1. The second kappa shape index (κ2) is 9.57. The first kappa shape index (κ1) is 17.8. The van der Waals surface area contributed by atoms with Crippen LogP contribution >= 0.6 is 0 Å². The van der Waals surface area contributed by atoms with Crippen LogP contribution in [0.5, 0.6) is 0 Å². The van der Waals surface area contributed by atoms with Crippen molar-refractivity contribution in [3.63, 3.8) is 0 Å². The van der Waals surface area contributed by atoms with E-state index in [1.54, 1.807) is 18.5 Å². The van der Waals surface area contributed by atoms with E-state index >= 15 is 0 Å². The fraction of sp³-hybridized carbons (Fsp3) is 0.706. The lowest BCUT2D eigenvalue weighted by Gasteiger charge is -2.20. The third-order valence-corrected chi connectivity index (χ3v) is 4.33. The summed E-state index contributed by atoms with van der Waals surface area (Å²) in [6, 6.07) is 1.78. The van der Waals surface area contributed by atoms with Crippen molar-refractivity contribution in [2.75, 3.05) is 39.3 Å². The average molecular weight is 320 g/mol. The van der Waals surface area contributed by atoms with E-state index in [9.17, 15) is 4.79 Å². The fourth-order valence-electron chi connectivity index (χ4n) is 2.81. The molecule has 1 aromatic heterocycles. The van der Waals surface area contributed by atoms with Crippen molar-refractivity contribution in [3.8, 4) is 0 Å². The van der Waals surface area contributed by atoms with Gasteiger partial charge in [0, 0.05) is 44.9 Å². The molecule has 6 heteroatoms. The fourth-order valence-corrected chi connectivity index (χ4v) is 2.81. The monoisotopic (exact) mass is 320 g/mol. The van der Waals surface area contributed by atoms with Crippen LogP contribution in [0.3, 0.4) is 0 Å². The number of carbonyl (C=O) groups is 1. The quantitative estimate of drug-likeness (QED) is 0.688. The number of carbonyl (C=O) groups excluding carboxylic acids is 1. The molecule has 1 aliphatic rings. The molecule has 128 valence electrons. The molecule has 0 bridgehead atoms. The highest BCUT2D eigenvalue weighted by Gasteiger charge is 2.26. The van der Waals surface area contributed by atoms with E-state index in [0.29, 0.717) is 19.4 Å². The van der Waals surface area contributed by atoms with Crippen molar-refractivity contribution in [1.29, 1.82) is 0 Å². The zero-order chi connectivity index (χ0) is 16.5. The summed E-state index contributed by atoms with van der Waals surface area (Å²) < 4.78 is 5.92. The van der Waals surface area contributed by atoms with Crippen LogP contribution in [0, 0.1) is 0 Å². The van der Waals surface area contributed by atoms with Crippen molar-refractivity contribution in [3.05, 3.63) is 24.3 Å². The Morgan fingerprint density at radius 2 is 2.09 bits per heavy atom. The Hall–Kier alpha value is -1.53. The van der Waals surface area contributed by atoms with E-state index in [1.807, 2.05) is 4.90 Å². The van der Waals surface area contributed by atoms with E-state index in [0.717, 1.165) is 45.0 Å². The summed E-state index contributed by atoms with van der Waals surface area (Å²) in [5, 5.41) is 0. The summed E-state index contributed by atoms with van der Waals surface area (Å²) in [5.41, 5.74) is 0. The summed E-state index contributed by atoms with van der Waals surface area (Å²) in [5.74, 6) is 0.902. The minimum Gasteiger partial charge on any atom is -0.375 e. The number of hydrogen-bond acceptors (Lipinski definition) is 5. The third kappa shape index (κ3) is 5.88. The van der Waals surface area contributed by atoms with Crippen molar-refractivity contribution < 1.29 is 9.53 Å². The van der Waals surface area contributed by atoms with Crippen LogP contribution in [0.25, 0.3) is 0 Å². The van der Waals surface area contributed by atoms with E-state index in [1.165, 1.54) is 0 Å². The molecule has 6 nitrogen and oxygen atoms in total. The average Bonchev–Trinajstić information content (AvgIpc) is 3.06. The SMILES string of the molecule is CCN(CC)CCOC1CCN(C(=O)CCc2ncccn2)C1. The third-order valence-electron chi connectivity index (χ3n) is 4.33. The molecule has 1 fully saturated rings. The standard InChI is InChI=1S/C17H28N4O2/c1-3-20(4-2)12-13-23-15-8-11-21(14-15)17(22)7-6-16-18-9-5-10-19-16/h5,9-10,15H,3-4,6-8,11-14H2,1-2H3. The minimum atomic E-state index is 0.173. The van der Waals surface area contributed by atoms with Gasteiger partial charge < -0.3 is 14.5 Å². The maximum absolute atomic E-state index is 12.2. The van der Waals surface area contributed by atoms with E-state index in [-0.39, 0.29) is 12.0 Å². The van der Waals surface area contributed by atoms with Crippen molar-refractivity contribution in [2.45, 2.75) is 39.2 Å². The molecule has 0 aromatic carbocycles. The molecule has 0 radical (unpaired) electrons. The minimum absolute atomic E-state index is 0.173. The lowest BCUT2D eigenvalue weighted by Crippen LogP contribution is -2.32. The van der Waals surface area contributed by atoms with Crippen LogP contribution in [0.1, 0.15) is 32.5 Å². The molecule has 1 atom stereocenters. The summed E-state index contributed by atoms with van der Waals surface area (Å²) in [6.45, 7) is 9.64. The molecule has 23 heavy (non-hydrogen) atoms. The Labute approximate surface area is 138 Å². The Kier molecular flexibility index (Phi) is 7.42. The summed E-state index contributed by atoms with van der Waals surface area (Å²) >= 11 is 0. The zero-order valence-electron chi connectivity index (χ0n) is 14.3. The predicted octanol–water partition coefficient (Wildman–Crippen LogP) is 1.37. The van der Waals surface area contributed by atoms with Gasteiger partial charge in [-0.1, -0.05) is 13.8 Å². The first-order valence-electron chi connectivity index (χ1n) is 8.60. The van der Waals surface area contributed by atoms with Crippen LogP contribution in [-0.2, 0) is 16.0 Å². The van der Waals surface area contributed by atoms with Crippen LogP contribution in [-0.4, -0.2) is 71.1 Å². The Morgan fingerprint density at radius 1 is 1.35 bits per heavy atom. The molecule has 1 amide bonds. The van der Waals surface area contributed by atoms with Gasteiger partial charge in [0.05, 0.1) is 12.7 Å². The van der Waals surface area contributed by atoms with Crippen LogP contribution in [0.2, 0.25) is 0 Å². The van der Waals surface area contributed by atoms with Crippen LogP contribution in [0.15, 0.2) is 18.5 Å². The lowest BCUT2D eigenvalue weighted by atomic mass is 10.2. The number of rotatable bonds is 9. The van der Waals surface area contributed by atoms with Gasteiger partial charge in [0.25, 0.3) is 0 Å². The summed E-state index contributed by atoms with van der Waals surface area (Å²) in [7, 11) is 0. The number of likely N-dealkylation sites (N-methyl/N-ethyl adjacent to an activating group) is 1. The maximum Gasteiger partial charge on any atom is 0.223 e. The number of aromatic nitrogens is 2. The second-order valence-corrected chi connectivity index (χ2v) is 5.81. The van der Waals surface area contributed by atoms with Gasteiger partial charge >= 0.3 is 0 Å². The summed E-state index contributed by atoms with van der Waals surface area (Å²) in [4.78, 5) is 24.8. The van der Waals surface area contributed by atoms with Gasteiger partial charge in [-0.25, -0.2) is 9.97 Å². The van der Waals surface area contributed by atoms with Crippen molar-refractivity contribution >= 4 is 5.91 Å². The number of ether oxygens (including phenoxy) is 1. The number of aryl methyl sites for hydroxylation is 1.